The SMILES string of the molecule is C#CC#CC#CC#CC#CC#CC#CC#CC#CC.C#CC#CC#CC#CC#CC#CC#CC#CC#CC#CC.C#Cc1cc(=O)c(OCc2ccccc2)cn1OCc1ccccc1.CC#CC#CC#CC#CC#CC#CC#CC#CC#CC.O=Cc1cc(=O)c(OCc2ccccc2)cn1OCc1ccccc1.O=c1cc(CO)n(OCc2ccccc2)cc1OCc1ccccc1. The van der Waals surface area contributed by atoms with E-state index in [0.29, 0.717) is 37.5 Å². The molecule has 1 N–H and O–H groups in total. The summed E-state index contributed by atoms with van der Waals surface area (Å²) in [5.41, 5.74) is 5.72. The molecule has 3 heterocycles. The minimum Gasteiger partial charge on any atom is -0.483 e. The number of benzene rings is 6. The molecular formula is C121H67N3O11. The molecule has 14 nitrogen and oxygen atoms in total. The van der Waals surface area contributed by atoms with E-state index in [4.69, 9.17) is 48.0 Å². The number of hydrogen-bond acceptors (Lipinski definition) is 11. The molecule has 0 fully saturated rings. The van der Waals surface area contributed by atoms with E-state index in [2.05, 4.69) is 326 Å². The minimum atomic E-state index is -0.363. The van der Waals surface area contributed by atoms with Gasteiger partial charge in [0, 0.05) is 30.0 Å². The van der Waals surface area contributed by atoms with Crippen molar-refractivity contribution in [2.24, 2.45) is 0 Å². The molecule has 9 aromatic rings. The summed E-state index contributed by atoms with van der Waals surface area (Å²) in [6.45, 7) is 8.25. The number of rotatable bonds is 20. The van der Waals surface area contributed by atoms with Crippen LogP contribution >= 0.6 is 0 Å². The zero-order valence-electron chi connectivity index (χ0n) is 72.9. The summed E-state index contributed by atoms with van der Waals surface area (Å²) in [6, 6.07) is 61.5. The van der Waals surface area contributed by atoms with E-state index in [1.54, 1.807) is 27.7 Å². The summed E-state index contributed by atoms with van der Waals surface area (Å²) in [6.07, 6.45) is 20.2. The zero-order valence-corrected chi connectivity index (χ0v) is 72.9. The molecule has 0 atom stereocenters. The number of aromatic nitrogens is 3. The maximum absolute atomic E-state index is 12.2. The summed E-state index contributed by atoms with van der Waals surface area (Å²) >= 11 is 0. The molecule has 632 valence electrons. The van der Waals surface area contributed by atoms with Crippen molar-refractivity contribution in [3.05, 3.63) is 300 Å². The van der Waals surface area contributed by atoms with Gasteiger partial charge in [0.25, 0.3) is 0 Å². The smallest absolute Gasteiger partial charge is 0.224 e. The number of aldehydes is 1. The van der Waals surface area contributed by atoms with Crippen molar-refractivity contribution in [2.45, 2.75) is 73.9 Å². The maximum atomic E-state index is 12.2. The minimum absolute atomic E-state index is 0.127. The second kappa shape index (κ2) is 73.4. The highest BCUT2D eigenvalue weighted by Gasteiger charge is 2.13. The highest BCUT2D eigenvalue weighted by molar-refractivity contribution is 5.72. The normalized spacial score (nSPS) is 7.39. The largest absolute Gasteiger partial charge is 0.483 e. The fourth-order valence-corrected chi connectivity index (χ4v) is 8.52. The number of carbonyl (C=O) groups is 1. The molecule has 0 aliphatic carbocycles. The van der Waals surface area contributed by atoms with Crippen LogP contribution in [0.4, 0.5) is 0 Å². The van der Waals surface area contributed by atoms with Gasteiger partial charge in [0.1, 0.15) is 51.0 Å². The predicted molar refractivity (Wildman–Crippen MR) is 526 cm³/mol. The van der Waals surface area contributed by atoms with E-state index in [1.165, 1.54) is 51.0 Å². The second-order valence-electron chi connectivity index (χ2n) is 23.6. The lowest BCUT2D eigenvalue weighted by Gasteiger charge is -2.15. The van der Waals surface area contributed by atoms with Crippen molar-refractivity contribution >= 4 is 6.29 Å². The molecule has 0 saturated heterocycles. The highest BCUT2D eigenvalue weighted by atomic mass is 16.7. The highest BCUT2D eigenvalue weighted by Crippen LogP contribution is 2.14. The molecule has 9 rings (SSSR count). The Morgan fingerprint density at radius 2 is 0.474 bits per heavy atom. The monoisotopic (exact) mass is 1740 g/mol. The molecular weight excluding hydrogens is 1670 g/mol. The van der Waals surface area contributed by atoms with Gasteiger partial charge < -0.3 is 33.8 Å². The van der Waals surface area contributed by atoms with Gasteiger partial charge in [-0.2, -0.15) is 14.2 Å². The van der Waals surface area contributed by atoms with Crippen molar-refractivity contribution < 1.29 is 38.6 Å². The third kappa shape index (κ3) is 52.2. The summed E-state index contributed by atoms with van der Waals surface area (Å²) in [4.78, 5) is 64.6. The van der Waals surface area contributed by atoms with Crippen LogP contribution in [-0.4, -0.2) is 25.6 Å². The summed E-state index contributed by atoms with van der Waals surface area (Å²) < 4.78 is 20.9. The lowest BCUT2D eigenvalue weighted by atomic mass is 10.2. The van der Waals surface area contributed by atoms with Gasteiger partial charge >= 0.3 is 0 Å². The molecule has 0 radical (unpaired) electrons. The maximum Gasteiger partial charge on any atom is 0.224 e. The summed E-state index contributed by atoms with van der Waals surface area (Å²) in [7, 11) is 0. The van der Waals surface area contributed by atoms with Gasteiger partial charge in [0.15, 0.2) is 23.5 Å². The molecule has 0 bridgehead atoms. The van der Waals surface area contributed by atoms with Gasteiger partial charge in [0.05, 0.1) is 30.9 Å². The number of terminal acetylenes is 3. The molecule has 135 heavy (non-hydrogen) atoms. The standard InChI is InChI=1S/C21H17NO3.C21H4.C20H19NO4.C20H17NO4.C20H6.C19H4/c1-2-19-13-20(23)21(24-15-17-9-5-3-6-10-17)14-22(19)25-16-18-11-7-4-8-12-18;1-3-5-7-9-11-13-15-17-19-21-20-18-16-14-12-10-8-6-4-2;2*22-13-18-11-19(23)20(24-14-16-7-3-1-4-8-16)12-21(18)25-15-17-9-5-2-6-10-17;1-3-5-7-9-11-13-15-17-19-20-18-16-14-12-10-8-6-4-2;1-3-5-7-9-11-13-15-17-19-18-16-14-12-10-8-6-4-2/h1,3-14H,15-16H2;1H,2H3;1-12,22H,13-15H2;1-13H,14-15H2;1-2H3;1H,2H3. The first-order valence-corrected chi connectivity index (χ1v) is 38.9. The molecule has 0 amide bonds. The van der Waals surface area contributed by atoms with Crippen LogP contribution in [0.3, 0.4) is 0 Å². The molecule has 3 aromatic heterocycles. The van der Waals surface area contributed by atoms with E-state index in [1.807, 2.05) is 182 Å². The van der Waals surface area contributed by atoms with E-state index >= 15 is 0 Å². The first-order chi connectivity index (χ1) is 66.5. The van der Waals surface area contributed by atoms with Crippen LogP contribution in [-0.2, 0) is 46.2 Å². The average molecular weight is 1740 g/mol. The van der Waals surface area contributed by atoms with Crippen LogP contribution in [0.2, 0.25) is 0 Å². The molecule has 14 heteroatoms. The number of hydrogen-bond donors (Lipinski definition) is 1. The number of aliphatic hydroxyl groups excluding tert-OH is 1. The first-order valence-electron chi connectivity index (χ1n) is 38.9. The van der Waals surface area contributed by atoms with Gasteiger partial charge in [-0.05, 0) is 351 Å². The van der Waals surface area contributed by atoms with Crippen LogP contribution < -0.4 is 45.0 Å². The third-order valence-electron chi connectivity index (χ3n) is 14.3. The van der Waals surface area contributed by atoms with Crippen molar-refractivity contribution in [3.63, 3.8) is 0 Å². The van der Waals surface area contributed by atoms with Crippen molar-refractivity contribution in [3.8, 4) is 362 Å². The van der Waals surface area contributed by atoms with Crippen LogP contribution in [0.15, 0.2) is 233 Å². The quantitative estimate of drug-likeness (QED) is 0.0572. The Balaban J connectivity index is 0.000000340. The van der Waals surface area contributed by atoms with E-state index in [0.717, 1.165) is 33.4 Å². The van der Waals surface area contributed by atoms with Crippen molar-refractivity contribution in [2.75, 3.05) is 0 Å². The number of carbonyl (C=O) groups excluding carboxylic acids is 1. The summed E-state index contributed by atoms with van der Waals surface area (Å²) in [5.74, 6) is 137. The van der Waals surface area contributed by atoms with Crippen LogP contribution in [0.5, 0.6) is 17.2 Å². The van der Waals surface area contributed by atoms with Gasteiger partial charge in [-0.3, -0.25) is 19.2 Å². The average Bonchev–Trinajstić information content (AvgIpc) is 0.842. The Morgan fingerprint density at radius 1 is 0.267 bits per heavy atom. The van der Waals surface area contributed by atoms with Crippen LogP contribution in [0.25, 0.3) is 0 Å². The van der Waals surface area contributed by atoms with Gasteiger partial charge in [-0.15, -0.1) is 19.3 Å². The van der Waals surface area contributed by atoms with Gasteiger partial charge in [0.2, 0.25) is 16.3 Å². The Kier molecular flexibility index (Phi) is 57.2. The fourth-order valence-electron chi connectivity index (χ4n) is 8.52. The van der Waals surface area contributed by atoms with Gasteiger partial charge in [-0.25, -0.2) is 0 Å². The number of ether oxygens (including phenoxy) is 3. The van der Waals surface area contributed by atoms with Crippen molar-refractivity contribution in [1.29, 1.82) is 0 Å². The van der Waals surface area contributed by atoms with E-state index < -0.39 is 0 Å². The number of aliphatic hydroxyl groups is 1. The Labute approximate surface area is 790 Å². The Morgan fingerprint density at radius 3 is 0.711 bits per heavy atom. The topological polar surface area (TPSA) is 159 Å². The zero-order chi connectivity index (χ0) is 96.6. The lowest BCUT2D eigenvalue weighted by Crippen LogP contribution is -2.21. The predicted octanol–water partition coefficient (Wildman–Crippen LogP) is 10.8. The molecule has 0 aliphatic heterocycles. The molecule has 6 aromatic carbocycles. The fraction of sp³-hybridized carbons (Fsp3) is 0.0909. The van der Waals surface area contributed by atoms with Crippen molar-refractivity contribution in [1.82, 2.24) is 14.2 Å². The van der Waals surface area contributed by atoms with Crippen LogP contribution in [0.1, 0.15) is 83.0 Å². The number of nitrogens with zero attached hydrogens (tertiary/aromatic N) is 3. The first kappa shape index (κ1) is 105. The molecule has 0 saturated carbocycles. The van der Waals surface area contributed by atoms with Gasteiger partial charge in [-0.1, -0.05) is 206 Å². The Hall–Kier alpha value is -22.2. The van der Waals surface area contributed by atoms with E-state index in [-0.39, 0.29) is 65.7 Å². The number of pyridine rings is 3. The third-order valence-corrected chi connectivity index (χ3v) is 14.3. The van der Waals surface area contributed by atoms with E-state index in [9.17, 15) is 24.3 Å². The second-order valence-corrected chi connectivity index (χ2v) is 23.6. The summed E-state index contributed by atoms with van der Waals surface area (Å²) in [5, 5.41) is 9.46. The Bertz CT molecular complexity index is 7800. The molecule has 0 aliphatic rings. The molecule has 0 unspecified atom stereocenters. The lowest BCUT2D eigenvalue weighted by molar-refractivity contribution is 0.0769. The van der Waals surface area contributed by atoms with Crippen LogP contribution in [0, 0.1) is 345 Å². The molecule has 0 spiro atoms.